The van der Waals surface area contributed by atoms with Gasteiger partial charge in [0, 0.05) is 24.2 Å². The fraction of sp³-hybridized carbons (Fsp3) is 0.562. The van der Waals surface area contributed by atoms with E-state index in [2.05, 4.69) is 17.6 Å². The first-order valence-electron chi connectivity index (χ1n) is 7.57. The number of amides is 1. The fourth-order valence-electron chi connectivity index (χ4n) is 2.53. The normalized spacial score (nSPS) is 21.4. The largest absolute Gasteiger partial charge is 0.490 e. The van der Waals surface area contributed by atoms with E-state index in [-0.39, 0.29) is 18.0 Å². The molecule has 1 aromatic rings. The van der Waals surface area contributed by atoms with Crippen LogP contribution in [0.25, 0.3) is 0 Å². The number of hydrogen-bond donors (Lipinski definition) is 2. The van der Waals surface area contributed by atoms with Gasteiger partial charge in [-0.05, 0) is 44.5 Å². The molecule has 0 saturated carbocycles. The minimum Gasteiger partial charge on any atom is -0.490 e. The van der Waals surface area contributed by atoms with Gasteiger partial charge in [0.1, 0.15) is 12.4 Å². The van der Waals surface area contributed by atoms with Crippen molar-refractivity contribution in [2.45, 2.75) is 31.8 Å². The quantitative estimate of drug-likeness (QED) is 0.787. The van der Waals surface area contributed by atoms with E-state index in [0.29, 0.717) is 29.5 Å². The van der Waals surface area contributed by atoms with Crippen LogP contribution in [0, 0.1) is 0 Å². The minimum absolute atomic E-state index is 0.118. The van der Waals surface area contributed by atoms with Crippen LogP contribution in [-0.4, -0.2) is 44.9 Å². The lowest BCUT2D eigenvalue weighted by Gasteiger charge is -2.30. The van der Waals surface area contributed by atoms with E-state index in [0.717, 1.165) is 19.4 Å². The van der Waals surface area contributed by atoms with Gasteiger partial charge >= 0.3 is 0 Å². The van der Waals surface area contributed by atoms with E-state index >= 15 is 0 Å². The topological polar surface area (TPSA) is 59.6 Å². The summed E-state index contributed by atoms with van der Waals surface area (Å²) in [6, 6.07) is 5.45. The van der Waals surface area contributed by atoms with Gasteiger partial charge in [-0.2, -0.15) is 0 Å². The zero-order valence-corrected chi connectivity index (χ0v) is 13.8. The molecule has 22 heavy (non-hydrogen) atoms. The molecule has 122 valence electrons. The lowest BCUT2D eigenvalue weighted by Crippen LogP contribution is -2.51. The first-order chi connectivity index (χ1) is 10.6. The van der Waals surface area contributed by atoms with E-state index in [9.17, 15) is 4.79 Å². The Balaban J connectivity index is 2.08. The maximum absolute atomic E-state index is 12.6. The molecular formula is C16H23ClN2O3. The molecule has 1 aliphatic heterocycles. The SMILES string of the molecule is COCCOc1ccc(Cl)cc1C(=O)NC1CCCNC1C. The molecule has 0 radical (unpaired) electrons. The maximum atomic E-state index is 12.6. The third-order valence-electron chi connectivity index (χ3n) is 3.81. The molecule has 0 aromatic heterocycles. The van der Waals surface area contributed by atoms with Crippen molar-refractivity contribution in [2.75, 3.05) is 26.9 Å². The van der Waals surface area contributed by atoms with Crippen molar-refractivity contribution in [1.29, 1.82) is 0 Å². The van der Waals surface area contributed by atoms with Gasteiger partial charge in [-0.1, -0.05) is 11.6 Å². The van der Waals surface area contributed by atoms with Crippen LogP contribution in [0.15, 0.2) is 18.2 Å². The number of carbonyl (C=O) groups is 1. The number of halogens is 1. The van der Waals surface area contributed by atoms with Gasteiger partial charge in [-0.15, -0.1) is 0 Å². The molecule has 2 unspecified atom stereocenters. The molecule has 0 bridgehead atoms. The summed E-state index contributed by atoms with van der Waals surface area (Å²) in [6.07, 6.45) is 2.03. The molecule has 2 atom stereocenters. The van der Waals surface area contributed by atoms with Crippen molar-refractivity contribution in [2.24, 2.45) is 0 Å². The smallest absolute Gasteiger partial charge is 0.255 e. The van der Waals surface area contributed by atoms with E-state index in [1.54, 1.807) is 25.3 Å². The first kappa shape index (κ1) is 17.1. The highest BCUT2D eigenvalue weighted by molar-refractivity contribution is 6.31. The average Bonchev–Trinajstić information content (AvgIpc) is 2.51. The van der Waals surface area contributed by atoms with Gasteiger partial charge in [-0.3, -0.25) is 4.79 Å². The van der Waals surface area contributed by atoms with Crippen LogP contribution in [0.5, 0.6) is 5.75 Å². The molecule has 1 fully saturated rings. The molecule has 1 amide bonds. The second kappa shape index (κ2) is 8.36. The summed E-state index contributed by atoms with van der Waals surface area (Å²) >= 11 is 6.02. The van der Waals surface area contributed by atoms with Crippen LogP contribution in [-0.2, 0) is 4.74 Å². The number of ether oxygens (including phenoxy) is 2. The first-order valence-corrected chi connectivity index (χ1v) is 7.95. The Kier molecular flexibility index (Phi) is 6.49. The van der Waals surface area contributed by atoms with Gasteiger partial charge in [0.2, 0.25) is 0 Å². The highest BCUT2D eigenvalue weighted by atomic mass is 35.5. The molecule has 2 rings (SSSR count). The van der Waals surface area contributed by atoms with E-state index in [1.165, 1.54) is 0 Å². The van der Waals surface area contributed by atoms with Crippen LogP contribution < -0.4 is 15.4 Å². The van der Waals surface area contributed by atoms with Gasteiger partial charge in [0.25, 0.3) is 5.91 Å². The predicted octanol–water partition coefficient (Wildman–Crippen LogP) is 2.24. The second-order valence-electron chi connectivity index (χ2n) is 5.45. The second-order valence-corrected chi connectivity index (χ2v) is 5.88. The van der Waals surface area contributed by atoms with Crippen molar-refractivity contribution >= 4 is 17.5 Å². The summed E-state index contributed by atoms with van der Waals surface area (Å²) in [5.74, 6) is 0.367. The number of hydrogen-bond acceptors (Lipinski definition) is 4. The molecule has 1 aliphatic rings. The number of methoxy groups -OCH3 is 1. The monoisotopic (exact) mass is 326 g/mol. The number of carbonyl (C=O) groups excluding carboxylic acids is 1. The minimum atomic E-state index is -0.157. The summed E-state index contributed by atoms with van der Waals surface area (Å²) in [6.45, 7) is 3.93. The molecule has 2 N–H and O–H groups in total. The molecule has 0 spiro atoms. The van der Waals surface area contributed by atoms with Gasteiger partial charge in [0.15, 0.2) is 0 Å². The van der Waals surface area contributed by atoms with Crippen LogP contribution >= 0.6 is 11.6 Å². The van der Waals surface area contributed by atoms with Crippen LogP contribution in [0.3, 0.4) is 0 Å². The van der Waals surface area contributed by atoms with E-state index in [4.69, 9.17) is 21.1 Å². The van der Waals surface area contributed by atoms with Crippen LogP contribution in [0.2, 0.25) is 5.02 Å². The third-order valence-corrected chi connectivity index (χ3v) is 4.04. The van der Waals surface area contributed by atoms with Crippen molar-refractivity contribution in [1.82, 2.24) is 10.6 Å². The lowest BCUT2D eigenvalue weighted by atomic mass is 9.99. The summed E-state index contributed by atoms with van der Waals surface area (Å²) in [5.41, 5.74) is 0.460. The fourth-order valence-corrected chi connectivity index (χ4v) is 2.70. The standard InChI is InChI=1S/C16H23ClN2O3/c1-11-14(4-3-7-18-11)19-16(20)13-10-12(17)5-6-15(13)22-9-8-21-2/h5-6,10-11,14,18H,3-4,7-9H2,1-2H3,(H,19,20). The molecule has 5 nitrogen and oxygen atoms in total. The van der Waals surface area contributed by atoms with Crippen LogP contribution in [0.4, 0.5) is 0 Å². The number of rotatable bonds is 6. The van der Waals surface area contributed by atoms with Crippen molar-refractivity contribution in [3.63, 3.8) is 0 Å². The van der Waals surface area contributed by atoms with Crippen molar-refractivity contribution < 1.29 is 14.3 Å². The molecule has 1 aromatic carbocycles. The Hall–Kier alpha value is -1.30. The van der Waals surface area contributed by atoms with Crippen LogP contribution in [0.1, 0.15) is 30.1 Å². The molecule has 0 aliphatic carbocycles. The van der Waals surface area contributed by atoms with Gasteiger partial charge in [0.05, 0.1) is 12.2 Å². The summed E-state index contributed by atoms with van der Waals surface area (Å²) in [4.78, 5) is 12.6. The van der Waals surface area contributed by atoms with E-state index < -0.39 is 0 Å². The third kappa shape index (κ3) is 4.60. The van der Waals surface area contributed by atoms with Gasteiger partial charge < -0.3 is 20.1 Å². The number of piperidine rings is 1. The Morgan fingerprint density at radius 1 is 1.45 bits per heavy atom. The summed E-state index contributed by atoms with van der Waals surface area (Å²) in [7, 11) is 1.61. The highest BCUT2D eigenvalue weighted by Gasteiger charge is 2.24. The highest BCUT2D eigenvalue weighted by Crippen LogP contribution is 2.23. The lowest BCUT2D eigenvalue weighted by molar-refractivity contribution is 0.0912. The zero-order chi connectivity index (χ0) is 15.9. The summed E-state index contributed by atoms with van der Waals surface area (Å²) in [5, 5.41) is 6.95. The van der Waals surface area contributed by atoms with Gasteiger partial charge in [-0.25, -0.2) is 0 Å². The molecule has 1 saturated heterocycles. The Morgan fingerprint density at radius 2 is 2.27 bits per heavy atom. The number of nitrogens with one attached hydrogen (secondary N) is 2. The zero-order valence-electron chi connectivity index (χ0n) is 13.0. The van der Waals surface area contributed by atoms with Crippen molar-refractivity contribution in [3.8, 4) is 5.75 Å². The Morgan fingerprint density at radius 3 is 3.00 bits per heavy atom. The van der Waals surface area contributed by atoms with Crippen molar-refractivity contribution in [3.05, 3.63) is 28.8 Å². The molecule has 1 heterocycles. The summed E-state index contributed by atoms with van der Waals surface area (Å²) < 4.78 is 10.6. The maximum Gasteiger partial charge on any atom is 0.255 e. The number of benzene rings is 1. The predicted molar refractivity (Wildman–Crippen MR) is 86.8 cm³/mol. The van der Waals surface area contributed by atoms with E-state index in [1.807, 2.05) is 0 Å². The molecular weight excluding hydrogens is 304 g/mol. The molecule has 6 heteroatoms. The Bertz CT molecular complexity index is 510. The average molecular weight is 327 g/mol. The Labute approximate surface area is 136 Å².